The molecule has 54 heavy (non-hydrogen) atoms. The Morgan fingerprint density at radius 2 is 0.870 bits per heavy atom. The molecular formula is C36H72O15S3. The molecule has 4 N–H and O–H groups in total. The molecule has 1 rings (SSSR count). The van der Waals surface area contributed by atoms with Crippen LogP contribution in [0.15, 0.2) is 0 Å². The van der Waals surface area contributed by atoms with E-state index < -0.39 is 68.5 Å². The summed E-state index contributed by atoms with van der Waals surface area (Å²) in [7, 11) is -15.9. The van der Waals surface area contributed by atoms with Gasteiger partial charge in [-0.2, -0.15) is 25.3 Å². The minimum Gasteiger partial charge on any atom is -0.385 e. The molecule has 1 aliphatic rings. The maximum absolute atomic E-state index is 11.6. The summed E-state index contributed by atoms with van der Waals surface area (Å²) in [6, 6.07) is 0. The molecule has 0 aromatic rings. The van der Waals surface area contributed by atoms with Crippen LogP contribution in [0.2, 0.25) is 0 Å². The molecule has 5 atom stereocenters. The smallest absolute Gasteiger partial charge is 0.385 e. The molecule has 15 nitrogen and oxygen atoms in total. The average molecular weight is 841 g/mol. The summed E-state index contributed by atoms with van der Waals surface area (Å²) in [6.07, 6.45) is 20.4. The first kappa shape index (κ1) is 51.5. The third kappa shape index (κ3) is 28.0. The molecule has 0 aromatic heterocycles. The van der Waals surface area contributed by atoms with Gasteiger partial charge >= 0.3 is 31.2 Å². The molecule has 0 radical (unpaired) electrons. The maximum Gasteiger partial charge on any atom is 0.397 e. The number of rotatable bonds is 36. The number of hydrogen-bond acceptors (Lipinski definition) is 12. The first-order valence-electron chi connectivity index (χ1n) is 20.4. The van der Waals surface area contributed by atoms with Gasteiger partial charge in [0.1, 0.15) is 24.4 Å². The van der Waals surface area contributed by atoms with Gasteiger partial charge in [-0.15, -0.1) is 0 Å². The van der Waals surface area contributed by atoms with Crippen molar-refractivity contribution in [1.82, 2.24) is 0 Å². The zero-order valence-electron chi connectivity index (χ0n) is 32.8. The van der Waals surface area contributed by atoms with Crippen LogP contribution in [0.25, 0.3) is 0 Å². The summed E-state index contributed by atoms with van der Waals surface area (Å²) in [6.45, 7) is 3.33. The summed E-state index contributed by atoms with van der Waals surface area (Å²) in [5.74, 6) is 0.0206. The highest BCUT2D eigenvalue weighted by atomic mass is 32.3. The fourth-order valence-corrected chi connectivity index (χ4v) is 8.24. The molecule has 0 unspecified atom stereocenters. The van der Waals surface area contributed by atoms with Crippen molar-refractivity contribution in [3.05, 3.63) is 0 Å². The van der Waals surface area contributed by atoms with E-state index in [2.05, 4.69) is 26.4 Å². The van der Waals surface area contributed by atoms with Crippen molar-refractivity contribution < 1.29 is 66.0 Å². The third-order valence-corrected chi connectivity index (χ3v) is 11.3. The van der Waals surface area contributed by atoms with E-state index in [0.717, 1.165) is 51.4 Å². The Bertz CT molecular complexity index is 1220. The van der Waals surface area contributed by atoms with Crippen molar-refractivity contribution in [1.29, 1.82) is 0 Å². The highest BCUT2D eigenvalue weighted by molar-refractivity contribution is 7.81. The van der Waals surface area contributed by atoms with Crippen LogP contribution in [0.1, 0.15) is 181 Å². The van der Waals surface area contributed by atoms with Gasteiger partial charge in [0.05, 0.1) is 13.2 Å². The Labute approximate surface area is 326 Å². The summed E-state index contributed by atoms with van der Waals surface area (Å²) in [4.78, 5) is 0. The molecule has 0 spiro atoms. The van der Waals surface area contributed by atoms with Gasteiger partial charge in [-0.3, -0.25) is 13.7 Å². The van der Waals surface area contributed by atoms with Crippen LogP contribution in [0.5, 0.6) is 0 Å². The van der Waals surface area contributed by atoms with Crippen LogP contribution in [-0.2, 0) is 53.2 Å². The Morgan fingerprint density at radius 3 is 1.22 bits per heavy atom. The van der Waals surface area contributed by atoms with E-state index in [-0.39, 0.29) is 12.5 Å². The summed E-state index contributed by atoms with van der Waals surface area (Å²) < 4.78 is 121. The summed E-state index contributed by atoms with van der Waals surface area (Å²) in [5, 5.41) is 11.0. The number of unbranched alkanes of at least 4 members (excludes halogenated alkanes) is 22. The van der Waals surface area contributed by atoms with Crippen LogP contribution in [0.4, 0.5) is 0 Å². The largest absolute Gasteiger partial charge is 0.397 e. The van der Waals surface area contributed by atoms with Gasteiger partial charge in [0.15, 0.2) is 6.29 Å². The number of hydrogen-bond donors (Lipinski definition) is 4. The normalized spacial score (nSPS) is 21.3. The van der Waals surface area contributed by atoms with Crippen LogP contribution in [0, 0.1) is 5.92 Å². The van der Waals surface area contributed by atoms with Gasteiger partial charge in [-0.1, -0.05) is 168 Å². The van der Waals surface area contributed by atoms with Gasteiger partial charge in [0.25, 0.3) is 0 Å². The molecule has 0 aliphatic carbocycles. The quantitative estimate of drug-likeness (QED) is 0.0345. The second-order valence-corrected chi connectivity index (χ2v) is 18.0. The van der Waals surface area contributed by atoms with E-state index in [1.807, 2.05) is 0 Å². The van der Waals surface area contributed by atoms with E-state index in [4.69, 9.17) is 14.0 Å². The van der Waals surface area contributed by atoms with Gasteiger partial charge < -0.3 is 14.6 Å². The molecule has 1 aliphatic heterocycles. The van der Waals surface area contributed by atoms with Crippen LogP contribution in [0.3, 0.4) is 0 Å². The van der Waals surface area contributed by atoms with Crippen molar-refractivity contribution in [3.63, 3.8) is 0 Å². The monoisotopic (exact) mass is 840 g/mol. The maximum atomic E-state index is 11.6. The lowest BCUT2D eigenvalue weighted by molar-refractivity contribution is -0.294. The lowest BCUT2D eigenvalue weighted by atomic mass is 9.94. The van der Waals surface area contributed by atoms with Crippen molar-refractivity contribution >= 4 is 31.2 Å². The number of ether oxygens (including phenoxy) is 2. The zero-order valence-corrected chi connectivity index (χ0v) is 35.2. The highest BCUT2D eigenvalue weighted by Crippen LogP contribution is 2.30. The first-order valence-corrected chi connectivity index (χ1v) is 24.5. The predicted octanol–water partition coefficient (Wildman–Crippen LogP) is 8.08. The second kappa shape index (κ2) is 29.7. The highest BCUT2D eigenvalue weighted by Gasteiger charge is 2.51. The molecule has 0 bridgehead atoms. The molecule has 324 valence electrons. The average Bonchev–Trinajstić information content (AvgIpc) is 3.08. The van der Waals surface area contributed by atoms with Crippen molar-refractivity contribution in [2.75, 3.05) is 13.2 Å². The summed E-state index contributed by atoms with van der Waals surface area (Å²) in [5.41, 5.74) is 0. The third-order valence-electron chi connectivity index (χ3n) is 9.89. The molecule has 0 aromatic carbocycles. The van der Waals surface area contributed by atoms with E-state index in [1.165, 1.54) is 116 Å². The Morgan fingerprint density at radius 1 is 0.519 bits per heavy atom. The van der Waals surface area contributed by atoms with Crippen LogP contribution < -0.4 is 0 Å². The standard InChI is InChI=1S/C36H72O15S3/c1-3-5-7-9-11-13-15-17-19-21-23-25-27-31(28-26-24-22-20-18-16-14-12-10-8-6-4-2)29-47-36-33(37)35(51-54(44,45)46)34(50-53(41,42)43)32(49-36)30-48-52(38,39)40/h31-37H,3-30H2,1-2H3,(H,38,39,40)(H,41,42,43)(H,44,45,46)/t32-,33-,34+,35-,36-/m1/s1. The van der Waals surface area contributed by atoms with E-state index in [9.17, 15) is 39.5 Å². The van der Waals surface area contributed by atoms with Crippen LogP contribution in [-0.4, -0.2) is 87.9 Å². The molecule has 1 heterocycles. The SMILES string of the molecule is CCCCCCCCCCCCCCC(CCCCCCCCCCCCCC)CO[C@@H]1O[C@H](COS(=O)(=O)O)[C@H](OS(=O)(=O)O)[C@H](OS(=O)(=O)O)[C@H]1O. The molecule has 1 fully saturated rings. The van der Waals surface area contributed by atoms with Crippen molar-refractivity contribution in [2.24, 2.45) is 5.92 Å². The van der Waals surface area contributed by atoms with Gasteiger partial charge in [-0.05, 0) is 18.8 Å². The lowest BCUT2D eigenvalue weighted by Gasteiger charge is -2.42. The minimum atomic E-state index is -5.37. The molecule has 0 saturated carbocycles. The van der Waals surface area contributed by atoms with Crippen molar-refractivity contribution in [2.45, 2.75) is 211 Å². The fraction of sp³-hybridized carbons (Fsp3) is 1.00. The number of aliphatic hydroxyl groups excluding tert-OH is 1. The Kier molecular flexibility index (Phi) is 28.3. The first-order chi connectivity index (χ1) is 25.6. The zero-order chi connectivity index (χ0) is 40.3. The van der Waals surface area contributed by atoms with E-state index in [0.29, 0.717) is 0 Å². The molecule has 0 amide bonds. The topological polar surface area (TPSA) is 229 Å². The Balaban J connectivity index is 2.81. The molecule has 1 saturated heterocycles. The summed E-state index contributed by atoms with van der Waals surface area (Å²) >= 11 is 0. The lowest BCUT2D eigenvalue weighted by Crippen LogP contribution is -2.62. The number of aliphatic hydroxyl groups is 1. The van der Waals surface area contributed by atoms with Gasteiger partial charge in [0.2, 0.25) is 0 Å². The molecular weight excluding hydrogens is 769 g/mol. The second-order valence-electron chi connectivity index (χ2n) is 14.8. The van der Waals surface area contributed by atoms with Crippen LogP contribution >= 0.6 is 0 Å². The fourth-order valence-electron chi connectivity index (χ4n) is 6.92. The van der Waals surface area contributed by atoms with Crippen molar-refractivity contribution in [3.8, 4) is 0 Å². The minimum absolute atomic E-state index is 0.0206. The van der Waals surface area contributed by atoms with E-state index >= 15 is 0 Å². The molecule has 18 heteroatoms. The van der Waals surface area contributed by atoms with Gasteiger partial charge in [-0.25, -0.2) is 12.5 Å². The predicted molar refractivity (Wildman–Crippen MR) is 206 cm³/mol. The van der Waals surface area contributed by atoms with E-state index in [1.54, 1.807) is 0 Å². The Hall–Kier alpha value is -0.510. The van der Waals surface area contributed by atoms with Gasteiger partial charge in [0, 0.05) is 0 Å².